The normalized spacial score (nSPS) is 11.4. The molecule has 0 radical (unpaired) electrons. The molecule has 5 rings (SSSR count). The molecule has 126 valence electrons. The number of nitrogens with one attached hydrogen (secondary N) is 1. The van der Waals surface area contributed by atoms with Crippen molar-refractivity contribution < 1.29 is 0 Å². The van der Waals surface area contributed by atoms with Gasteiger partial charge in [-0.25, -0.2) is 4.68 Å². The molecular weight excluding hydrogens is 348 g/mol. The zero-order chi connectivity index (χ0) is 17.7. The number of para-hydroxylation sites is 2. The Morgan fingerprint density at radius 3 is 2.27 bits per heavy atom. The van der Waals surface area contributed by atoms with Gasteiger partial charge in [-0.2, -0.15) is 14.6 Å². The summed E-state index contributed by atoms with van der Waals surface area (Å²) in [6.45, 7) is 0. The second kappa shape index (κ2) is 5.50. The molecule has 26 heavy (non-hydrogen) atoms. The van der Waals surface area contributed by atoms with Crippen molar-refractivity contribution in [2.24, 2.45) is 0 Å². The summed E-state index contributed by atoms with van der Waals surface area (Å²) in [4.78, 5) is 17.6. The van der Waals surface area contributed by atoms with Crippen LogP contribution in [0, 0.1) is 4.77 Å². The van der Waals surface area contributed by atoms with Gasteiger partial charge in [0.1, 0.15) is 5.39 Å². The Kier molecular flexibility index (Phi) is 3.13. The van der Waals surface area contributed by atoms with Crippen LogP contribution in [0.2, 0.25) is 0 Å². The van der Waals surface area contributed by atoms with Crippen LogP contribution in [-0.4, -0.2) is 28.9 Å². The highest BCUT2D eigenvalue weighted by molar-refractivity contribution is 7.71. The van der Waals surface area contributed by atoms with Gasteiger partial charge < -0.3 is 0 Å². The number of H-pyrrole nitrogens is 1. The zero-order valence-corrected chi connectivity index (χ0v) is 14.2. The molecule has 0 aliphatic carbocycles. The van der Waals surface area contributed by atoms with E-state index in [1.807, 2.05) is 60.7 Å². The second-order valence-corrected chi connectivity index (χ2v) is 6.16. The molecular formula is C18H12N6OS. The maximum Gasteiger partial charge on any atom is 0.285 e. The van der Waals surface area contributed by atoms with Gasteiger partial charge in [0.25, 0.3) is 5.56 Å². The molecule has 0 unspecified atom stereocenters. The van der Waals surface area contributed by atoms with Crippen molar-refractivity contribution in [3.63, 3.8) is 0 Å². The Morgan fingerprint density at radius 2 is 1.58 bits per heavy atom. The Bertz CT molecular complexity index is 1360. The van der Waals surface area contributed by atoms with Gasteiger partial charge in [-0.1, -0.05) is 36.4 Å². The summed E-state index contributed by atoms with van der Waals surface area (Å²) in [5.41, 5.74) is 1.90. The number of hydrogen-bond acceptors (Lipinski definition) is 4. The molecule has 0 fully saturated rings. The van der Waals surface area contributed by atoms with Gasteiger partial charge in [0.2, 0.25) is 5.78 Å². The quantitative estimate of drug-likeness (QED) is 0.491. The molecule has 0 bridgehead atoms. The molecule has 7 nitrogen and oxygen atoms in total. The first-order chi connectivity index (χ1) is 12.7. The van der Waals surface area contributed by atoms with Crippen molar-refractivity contribution in [3.05, 3.63) is 82.0 Å². The lowest BCUT2D eigenvalue weighted by atomic mass is 10.3. The highest BCUT2D eigenvalue weighted by Crippen LogP contribution is 2.17. The van der Waals surface area contributed by atoms with E-state index in [-0.39, 0.29) is 5.56 Å². The summed E-state index contributed by atoms with van der Waals surface area (Å²) < 4.78 is 5.14. The van der Waals surface area contributed by atoms with E-state index in [1.165, 1.54) is 10.7 Å². The highest BCUT2D eigenvalue weighted by atomic mass is 32.1. The minimum Gasteiger partial charge on any atom is -0.266 e. The molecule has 0 aliphatic heterocycles. The van der Waals surface area contributed by atoms with Gasteiger partial charge in [-0.05, 0) is 36.5 Å². The fourth-order valence-electron chi connectivity index (χ4n) is 3.01. The van der Waals surface area contributed by atoms with Crippen LogP contribution < -0.4 is 5.56 Å². The second-order valence-electron chi connectivity index (χ2n) is 5.77. The predicted molar refractivity (Wildman–Crippen MR) is 101 cm³/mol. The van der Waals surface area contributed by atoms with Crippen molar-refractivity contribution in [2.45, 2.75) is 0 Å². The fourth-order valence-corrected chi connectivity index (χ4v) is 3.29. The molecule has 2 aromatic carbocycles. The molecule has 8 heteroatoms. The summed E-state index contributed by atoms with van der Waals surface area (Å²) in [6.07, 6.45) is 1.53. The molecule has 0 atom stereocenters. The lowest BCUT2D eigenvalue weighted by molar-refractivity contribution is 0.882. The lowest BCUT2D eigenvalue weighted by Gasteiger charge is -2.04. The highest BCUT2D eigenvalue weighted by Gasteiger charge is 2.16. The number of fused-ring (bicyclic) bond motifs is 2. The van der Waals surface area contributed by atoms with Gasteiger partial charge in [0.05, 0.1) is 17.6 Å². The van der Waals surface area contributed by atoms with Crippen LogP contribution in [0.5, 0.6) is 0 Å². The van der Waals surface area contributed by atoms with E-state index >= 15 is 0 Å². The Labute approximate surface area is 151 Å². The van der Waals surface area contributed by atoms with E-state index in [9.17, 15) is 4.79 Å². The van der Waals surface area contributed by atoms with E-state index in [2.05, 4.69) is 10.2 Å². The van der Waals surface area contributed by atoms with Crippen molar-refractivity contribution in [2.75, 3.05) is 0 Å². The van der Waals surface area contributed by atoms with E-state index in [4.69, 9.17) is 17.2 Å². The molecule has 1 N–H and O–H groups in total. The fraction of sp³-hybridized carbons (Fsp3) is 0. The number of aromatic amines is 1. The molecule has 3 heterocycles. The predicted octanol–water partition coefficient (Wildman–Crippen LogP) is 2.88. The first kappa shape index (κ1) is 14.8. The monoisotopic (exact) mass is 360 g/mol. The van der Waals surface area contributed by atoms with Crippen molar-refractivity contribution in [1.82, 2.24) is 28.9 Å². The van der Waals surface area contributed by atoms with Crippen LogP contribution in [-0.2, 0) is 0 Å². The average molecular weight is 360 g/mol. The van der Waals surface area contributed by atoms with Crippen LogP contribution in [0.3, 0.4) is 0 Å². The summed E-state index contributed by atoms with van der Waals surface area (Å²) in [5.74, 6) is 0.413. The first-order valence-electron chi connectivity index (χ1n) is 7.96. The SMILES string of the molecule is O=c1c2cnn(-c3ccccc3)c2nc2n(-c3ccccc3)c(=S)[nH]n12. The standard InChI is InChI=1S/C18H12N6OS/c25-16-14-11-19-23(13-9-5-2-6-10-13)15(14)20-17-22(18(26)21-24(16)17)12-7-3-1-4-8-12/h1-11H,(H,21,26). The van der Waals surface area contributed by atoms with E-state index in [1.54, 1.807) is 9.25 Å². The summed E-state index contributed by atoms with van der Waals surface area (Å²) in [6, 6.07) is 19.1. The summed E-state index contributed by atoms with van der Waals surface area (Å²) in [7, 11) is 0. The maximum atomic E-state index is 12.9. The van der Waals surface area contributed by atoms with Crippen molar-refractivity contribution in [1.29, 1.82) is 0 Å². The topological polar surface area (TPSA) is 72.9 Å². The lowest BCUT2D eigenvalue weighted by Crippen LogP contribution is -2.16. The van der Waals surface area contributed by atoms with Crippen LogP contribution in [0.4, 0.5) is 0 Å². The van der Waals surface area contributed by atoms with Crippen LogP contribution in [0.15, 0.2) is 71.7 Å². The van der Waals surface area contributed by atoms with E-state index < -0.39 is 0 Å². The van der Waals surface area contributed by atoms with E-state index in [0.29, 0.717) is 21.6 Å². The summed E-state index contributed by atoms with van der Waals surface area (Å²) in [5, 5.41) is 7.68. The average Bonchev–Trinajstić information content (AvgIpc) is 3.25. The number of rotatable bonds is 2. The van der Waals surface area contributed by atoms with Crippen LogP contribution >= 0.6 is 12.2 Å². The minimum absolute atomic E-state index is 0.243. The number of hydrogen-bond donors (Lipinski definition) is 1. The Morgan fingerprint density at radius 1 is 0.923 bits per heavy atom. The van der Waals surface area contributed by atoms with Crippen molar-refractivity contribution in [3.8, 4) is 11.4 Å². The van der Waals surface area contributed by atoms with Gasteiger partial charge in [-0.3, -0.25) is 14.5 Å². The number of nitrogens with zero attached hydrogens (tertiary/aromatic N) is 5. The smallest absolute Gasteiger partial charge is 0.266 e. The molecule has 0 amide bonds. The first-order valence-corrected chi connectivity index (χ1v) is 8.37. The molecule has 0 saturated carbocycles. The van der Waals surface area contributed by atoms with E-state index in [0.717, 1.165) is 11.4 Å². The largest absolute Gasteiger partial charge is 0.285 e. The van der Waals surface area contributed by atoms with Gasteiger partial charge in [-0.15, -0.1) is 0 Å². The number of aromatic nitrogens is 6. The third-order valence-corrected chi connectivity index (χ3v) is 4.48. The molecule has 0 spiro atoms. The van der Waals surface area contributed by atoms with Crippen molar-refractivity contribution >= 4 is 29.0 Å². The molecule has 3 aromatic heterocycles. The van der Waals surface area contributed by atoms with Gasteiger partial charge in [0.15, 0.2) is 10.4 Å². The Hall–Kier alpha value is -3.52. The van der Waals surface area contributed by atoms with Gasteiger partial charge in [0, 0.05) is 0 Å². The third kappa shape index (κ3) is 2.06. The molecule has 5 aromatic rings. The maximum absolute atomic E-state index is 12.9. The van der Waals surface area contributed by atoms with Crippen LogP contribution in [0.1, 0.15) is 0 Å². The molecule has 0 saturated heterocycles. The van der Waals surface area contributed by atoms with Crippen LogP contribution in [0.25, 0.3) is 28.2 Å². The molecule has 0 aliphatic rings. The zero-order valence-electron chi connectivity index (χ0n) is 13.4. The van der Waals surface area contributed by atoms with Gasteiger partial charge >= 0.3 is 0 Å². The summed E-state index contributed by atoms with van der Waals surface area (Å²) >= 11 is 5.42. The Balaban J connectivity index is 1.90. The number of benzene rings is 2. The third-order valence-electron chi connectivity index (χ3n) is 4.21. The minimum atomic E-state index is -0.243.